The highest BCUT2D eigenvalue weighted by Gasteiger charge is 2.11. The van der Waals surface area contributed by atoms with Gasteiger partial charge in [0.25, 0.3) is 0 Å². The summed E-state index contributed by atoms with van der Waals surface area (Å²) < 4.78 is 5.33. The van der Waals surface area contributed by atoms with Crippen molar-refractivity contribution in [2.24, 2.45) is 0 Å². The number of halogens is 1. The molecule has 0 aliphatic carbocycles. The van der Waals surface area contributed by atoms with E-state index in [1.165, 1.54) is 0 Å². The van der Waals surface area contributed by atoms with Crippen molar-refractivity contribution in [2.45, 2.75) is 20.8 Å². The fourth-order valence-electron chi connectivity index (χ4n) is 1.90. The van der Waals surface area contributed by atoms with Crippen molar-refractivity contribution in [3.8, 4) is 5.75 Å². The van der Waals surface area contributed by atoms with Gasteiger partial charge in [0.05, 0.1) is 13.3 Å². The summed E-state index contributed by atoms with van der Waals surface area (Å²) in [6, 6.07) is 3.94. The Morgan fingerprint density at radius 1 is 1.21 bits per heavy atom. The number of ether oxygens (including phenoxy) is 1. The minimum atomic E-state index is 0.493. The van der Waals surface area contributed by atoms with Crippen LogP contribution in [0.5, 0.6) is 5.75 Å². The van der Waals surface area contributed by atoms with Crippen molar-refractivity contribution in [3.05, 3.63) is 40.3 Å². The molecule has 4 nitrogen and oxygen atoms in total. The van der Waals surface area contributed by atoms with Gasteiger partial charge in [-0.1, -0.05) is 17.7 Å². The predicted octanol–water partition coefficient (Wildman–Crippen LogP) is 3.81. The largest absolute Gasteiger partial charge is 0.496 e. The third kappa shape index (κ3) is 2.79. The van der Waals surface area contributed by atoms with Crippen LogP contribution < -0.4 is 10.1 Å². The summed E-state index contributed by atoms with van der Waals surface area (Å²) in [7, 11) is 1.66. The predicted molar refractivity (Wildman–Crippen MR) is 77.5 cm³/mol. The summed E-state index contributed by atoms with van der Waals surface area (Å²) >= 11 is 6.11. The molecule has 0 radical (unpaired) electrons. The molecule has 0 aliphatic rings. The lowest BCUT2D eigenvalue weighted by atomic mass is 10.1. The quantitative estimate of drug-likeness (QED) is 0.927. The van der Waals surface area contributed by atoms with Crippen LogP contribution in [0.3, 0.4) is 0 Å². The molecule has 100 valence electrons. The number of aromatic nitrogens is 2. The first kappa shape index (κ1) is 13.6. The second-order valence-corrected chi connectivity index (χ2v) is 4.73. The number of aryl methyl sites for hydroxylation is 2. The lowest BCUT2D eigenvalue weighted by molar-refractivity contribution is 0.412. The lowest BCUT2D eigenvalue weighted by Gasteiger charge is -2.15. The number of methoxy groups -OCH3 is 1. The molecule has 1 heterocycles. The Balaban J connectivity index is 2.46. The van der Waals surface area contributed by atoms with Crippen LogP contribution in [0, 0.1) is 20.8 Å². The van der Waals surface area contributed by atoms with Crippen molar-refractivity contribution in [1.82, 2.24) is 9.97 Å². The van der Waals surface area contributed by atoms with Gasteiger partial charge in [0.1, 0.15) is 16.6 Å². The first-order chi connectivity index (χ1) is 9.02. The Bertz CT molecular complexity index is 614. The van der Waals surface area contributed by atoms with Gasteiger partial charge in [-0.3, -0.25) is 0 Å². The number of nitrogens with zero attached hydrogens (tertiary/aromatic N) is 2. The van der Waals surface area contributed by atoms with Gasteiger partial charge in [0.2, 0.25) is 0 Å². The van der Waals surface area contributed by atoms with E-state index < -0.39 is 0 Å². The second kappa shape index (κ2) is 5.45. The van der Waals surface area contributed by atoms with E-state index >= 15 is 0 Å². The lowest BCUT2D eigenvalue weighted by Crippen LogP contribution is -2.02. The third-order valence-electron chi connectivity index (χ3n) is 2.95. The van der Waals surface area contributed by atoms with E-state index in [0.717, 1.165) is 22.6 Å². The Morgan fingerprint density at radius 2 is 1.95 bits per heavy atom. The van der Waals surface area contributed by atoms with Crippen LogP contribution in [0.1, 0.15) is 17.0 Å². The molecule has 1 aromatic carbocycles. The maximum Gasteiger partial charge on any atom is 0.152 e. The Morgan fingerprint density at radius 3 is 2.63 bits per heavy atom. The zero-order chi connectivity index (χ0) is 14.0. The maximum absolute atomic E-state index is 6.11. The zero-order valence-electron chi connectivity index (χ0n) is 11.4. The molecular weight excluding hydrogens is 262 g/mol. The molecule has 19 heavy (non-hydrogen) atoms. The number of nitrogens with one attached hydrogen (secondary N) is 1. The molecule has 1 aromatic heterocycles. The summed E-state index contributed by atoms with van der Waals surface area (Å²) in [5, 5.41) is 3.75. The van der Waals surface area contributed by atoms with Crippen LogP contribution in [0.4, 0.5) is 11.5 Å². The number of hydrogen-bond acceptors (Lipinski definition) is 4. The average Bonchev–Trinajstić information content (AvgIpc) is 2.38. The molecule has 0 bridgehead atoms. The molecule has 1 N–H and O–H groups in total. The first-order valence-electron chi connectivity index (χ1n) is 5.93. The van der Waals surface area contributed by atoms with E-state index in [-0.39, 0.29) is 0 Å². The Kier molecular flexibility index (Phi) is 3.90. The van der Waals surface area contributed by atoms with Crippen LogP contribution in [0.25, 0.3) is 0 Å². The molecule has 5 heteroatoms. The molecule has 0 fully saturated rings. The summed E-state index contributed by atoms with van der Waals surface area (Å²) in [4.78, 5) is 8.36. The maximum atomic E-state index is 6.11. The normalized spacial score (nSPS) is 10.4. The van der Waals surface area contributed by atoms with Crippen LogP contribution in [-0.2, 0) is 0 Å². The number of rotatable bonds is 3. The molecule has 2 rings (SSSR count). The van der Waals surface area contributed by atoms with Crippen LogP contribution in [0.15, 0.2) is 18.3 Å². The number of anilines is 2. The van der Waals surface area contributed by atoms with E-state index in [1.54, 1.807) is 13.3 Å². The molecule has 0 saturated carbocycles. The summed E-state index contributed by atoms with van der Waals surface area (Å²) in [5.74, 6) is 2.11. The van der Waals surface area contributed by atoms with Gasteiger partial charge < -0.3 is 10.1 Å². The van der Waals surface area contributed by atoms with Crippen molar-refractivity contribution < 1.29 is 4.74 Å². The van der Waals surface area contributed by atoms with Crippen molar-refractivity contribution in [1.29, 1.82) is 0 Å². The minimum Gasteiger partial charge on any atom is -0.496 e. The van der Waals surface area contributed by atoms with Crippen molar-refractivity contribution in [3.63, 3.8) is 0 Å². The van der Waals surface area contributed by atoms with Gasteiger partial charge in [-0.05, 0) is 32.4 Å². The topological polar surface area (TPSA) is 47.0 Å². The summed E-state index contributed by atoms with van der Waals surface area (Å²) in [6.45, 7) is 5.85. The van der Waals surface area contributed by atoms with Gasteiger partial charge in [0, 0.05) is 11.3 Å². The Hall–Kier alpha value is -1.81. The van der Waals surface area contributed by atoms with Crippen LogP contribution >= 0.6 is 11.6 Å². The summed E-state index contributed by atoms with van der Waals surface area (Å²) in [5.41, 5.74) is 3.08. The van der Waals surface area contributed by atoms with Gasteiger partial charge >= 0.3 is 0 Å². The van der Waals surface area contributed by atoms with Crippen molar-refractivity contribution in [2.75, 3.05) is 12.4 Å². The van der Waals surface area contributed by atoms with E-state index in [0.29, 0.717) is 16.7 Å². The van der Waals surface area contributed by atoms with E-state index in [1.807, 2.05) is 32.9 Å². The molecule has 0 spiro atoms. The van der Waals surface area contributed by atoms with Gasteiger partial charge in [-0.25, -0.2) is 9.97 Å². The molecule has 0 atom stereocenters. The smallest absolute Gasteiger partial charge is 0.152 e. The molecule has 2 aromatic rings. The molecule has 0 aliphatic heterocycles. The highest BCUT2D eigenvalue weighted by molar-refractivity contribution is 6.32. The van der Waals surface area contributed by atoms with Crippen molar-refractivity contribution >= 4 is 23.1 Å². The monoisotopic (exact) mass is 277 g/mol. The fraction of sp³-hybridized carbons (Fsp3) is 0.286. The number of hydrogen-bond donors (Lipinski definition) is 1. The molecule has 0 saturated heterocycles. The standard InChI is InChI=1S/C14H16ClN3O/c1-8-5-6-12(19-4)9(2)13(8)18-14-11(15)7-16-10(3)17-14/h5-7H,1-4H3,(H,16,17,18). The Labute approximate surface area is 117 Å². The number of benzene rings is 1. The second-order valence-electron chi connectivity index (χ2n) is 4.32. The van der Waals surface area contributed by atoms with E-state index in [9.17, 15) is 0 Å². The SMILES string of the molecule is COc1ccc(C)c(Nc2nc(C)ncc2Cl)c1C. The van der Waals surface area contributed by atoms with Gasteiger partial charge in [-0.15, -0.1) is 0 Å². The van der Waals surface area contributed by atoms with Crippen LogP contribution in [0.2, 0.25) is 5.02 Å². The van der Waals surface area contributed by atoms with E-state index in [2.05, 4.69) is 15.3 Å². The zero-order valence-corrected chi connectivity index (χ0v) is 12.2. The van der Waals surface area contributed by atoms with Crippen LogP contribution in [-0.4, -0.2) is 17.1 Å². The highest BCUT2D eigenvalue weighted by Crippen LogP contribution is 2.32. The highest BCUT2D eigenvalue weighted by atomic mass is 35.5. The molecule has 0 amide bonds. The third-order valence-corrected chi connectivity index (χ3v) is 3.23. The minimum absolute atomic E-state index is 0.493. The molecule has 0 unspecified atom stereocenters. The average molecular weight is 278 g/mol. The van der Waals surface area contributed by atoms with Gasteiger partial charge in [0.15, 0.2) is 5.82 Å². The summed E-state index contributed by atoms with van der Waals surface area (Å²) in [6.07, 6.45) is 1.59. The van der Waals surface area contributed by atoms with E-state index in [4.69, 9.17) is 16.3 Å². The molecular formula is C14H16ClN3O. The first-order valence-corrected chi connectivity index (χ1v) is 6.31. The fourth-order valence-corrected chi connectivity index (χ4v) is 2.04. The van der Waals surface area contributed by atoms with Gasteiger partial charge in [-0.2, -0.15) is 0 Å².